The van der Waals surface area contributed by atoms with E-state index in [1.807, 2.05) is 72.8 Å². The molecule has 0 saturated carbocycles. The van der Waals surface area contributed by atoms with E-state index in [1.54, 1.807) is 0 Å². The first kappa shape index (κ1) is 37.6. The number of carbonyl (C=O) groups excluding carboxylic acids is 2. The van der Waals surface area contributed by atoms with Crippen LogP contribution in [-0.2, 0) is 0 Å². The van der Waals surface area contributed by atoms with Crippen LogP contribution in [-0.4, -0.2) is 87.1 Å². The molecule has 4 aromatic rings. The molecule has 2 fully saturated rings. The first-order chi connectivity index (χ1) is 26.6. The predicted octanol–water partition coefficient (Wildman–Crippen LogP) is 9.10. The highest BCUT2D eigenvalue weighted by atomic mass is 16.5. The van der Waals surface area contributed by atoms with Crippen molar-refractivity contribution in [1.29, 1.82) is 0 Å². The third kappa shape index (κ3) is 8.20. The van der Waals surface area contributed by atoms with Gasteiger partial charge in [-0.05, 0) is 95.4 Å². The van der Waals surface area contributed by atoms with Gasteiger partial charge in [-0.15, -0.1) is 0 Å². The highest BCUT2D eigenvalue weighted by Gasteiger charge is 2.33. The standard InChI is InChI=1S/2C23H27NO3/c1-2-15-26-19-10-5-8-17-21(19)22-18(23(17)25)9-6-11-20(22)27-16-7-14-24-12-3-4-13-24;1-2-15-26-19-10-6-8-17-21(19)22-18(23(17)25)9-7-11-20(22)27-16-14-24-12-4-3-5-13-24/h5-6,8-11H,2-4,7,12-16H2,1H3;6-11H,2-5,12-16H2,1H3. The van der Waals surface area contributed by atoms with E-state index in [-0.39, 0.29) is 11.6 Å². The maximum atomic E-state index is 12.9. The fourth-order valence-corrected chi connectivity index (χ4v) is 8.05. The first-order valence-corrected chi connectivity index (χ1v) is 20.2. The highest BCUT2D eigenvalue weighted by molar-refractivity contribution is 6.24. The number of hydrogen-bond acceptors (Lipinski definition) is 8. The molecule has 8 heteroatoms. The molecule has 0 radical (unpaired) electrons. The lowest BCUT2D eigenvalue weighted by molar-refractivity contribution is 0.103. The Morgan fingerprint density at radius 3 is 1.20 bits per heavy atom. The lowest BCUT2D eigenvalue weighted by atomic mass is 10.0. The van der Waals surface area contributed by atoms with Crippen LogP contribution in [0.2, 0.25) is 0 Å². The number of likely N-dealkylation sites (tertiary alicyclic amines) is 2. The minimum Gasteiger partial charge on any atom is -0.493 e. The second-order valence-electron chi connectivity index (χ2n) is 14.6. The Morgan fingerprint density at radius 1 is 0.444 bits per heavy atom. The molecule has 0 aromatic heterocycles. The minimum atomic E-state index is 0.0587. The molecule has 0 atom stereocenters. The van der Waals surface area contributed by atoms with E-state index < -0.39 is 0 Å². The molecular weight excluding hydrogens is 677 g/mol. The van der Waals surface area contributed by atoms with Crippen LogP contribution in [0.1, 0.15) is 97.1 Å². The van der Waals surface area contributed by atoms with Crippen LogP contribution >= 0.6 is 0 Å². The van der Waals surface area contributed by atoms with Crippen LogP contribution < -0.4 is 18.9 Å². The van der Waals surface area contributed by atoms with E-state index in [0.717, 1.165) is 96.3 Å². The highest BCUT2D eigenvalue weighted by Crippen LogP contribution is 2.48. The molecule has 8 nitrogen and oxygen atoms in total. The van der Waals surface area contributed by atoms with Crippen molar-refractivity contribution in [3.8, 4) is 45.3 Å². The smallest absolute Gasteiger partial charge is 0.194 e. The molecule has 0 N–H and O–H groups in total. The molecule has 0 unspecified atom stereocenters. The Labute approximate surface area is 320 Å². The zero-order valence-corrected chi connectivity index (χ0v) is 32.0. The molecule has 4 aliphatic rings. The summed E-state index contributed by atoms with van der Waals surface area (Å²) in [6.07, 6.45) is 9.37. The van der Waals surface area contributed by atoms with Crippen molar-refractivity contribution in [3.05, 3.63) is 95.1 Å². The van der Waals surface area contributed by atoms with Gasteiger partial charge in [0.05, 0.1) is 19.8 Å². The van der Waals surface area contributed by atoms with Gasteiger partial charge in [0.2, 0.25) is 0 Å². The van der Waals surface area contributed by atoms with Crippen molar-refractivity contribution in [3.63, 3.8) is 0 Å². The molecule has 0 bridgehead atoms. The van der Waals surface area contributed by atoms with E-state index in [1.165, 1.54) is 45.2 Å². The summed E-state index contributed by atoms with van der Waals surface area (Å²) in [5, 5.41) is 0. The number of ketones is 2. The zero-order chi connectivity index (χ0) is 37.3. The van der Waals surface area contributed by atoms with Gasteiger partial charge in [0.15, 0.2) is 11.6 Å². The summed E-state index contributed by atoms with van der Waals surface area (Å²) >= 11 is 0. The molecule has 2 aliphatic carbocycles. The summed E-state index contributed by atoms with van der Waals surface area (Å²) in [6.45, 7) is 13.5. The van der Waals surface area contributed by atoms with Crippen molar-refractivity contribution in [1.82, 2.24) is 9.80 Å². The van der Waals surface area contributed by atoms with E-state index in [0.29, 0.717) is 43.1 Å². The molecule has 0 amide bonds. The predicted molar refractivity (Wildman–Crippen MR) is 214 cm³/mol. The van der Waals surface area contributed by atoms with Crippen molar-refractivity contribution >= 4 is 11.6 Å². The number of piperidine rings is 1. The van der Waals surface area contributed by atoms with Crippen LogP contribution in [0.25, 0.3) is 22.3 Å². The number of hydrogen-bond donors (Lipinski definition) is 0. The average Bonchev–Trinajstić information content (AvgIpc) is 3.92. The van der Waals surface area contributed by atoms with Gasteiger partial charge in [0.25, 0.3) is 0 Å². The van der Waals surface area contributed by atoms with E-state index >= 15 is 0 Å². The van der Waals surface area contributed by atoms with Gasteiger partial charge in [-0.2, -0.15) is 0 Å². The fourth-order valence-electron chi connectivity index (χ4n) is 8.05. The second-order valence-corrected chi connectivity index (χ2v) is 14.6. The van der Waals surface area contributed by atoms with E-state index in [9.17, 15) is 9.59 Å². The van der Waals surface area contributed by atoms with Crippen LogP contribution in [0.3, 0.4) is 0 Å². The number of carbonyl (C=O) groups is 2. The summed E-state index contributed by atoms with van der Waals surface area (Å²) in [7, 11) is 0. The van der Waals surface area contributed by atoms with Crippen molar-refractivity contribution in [2.24, 2.45) is 0 Å². The van der Waals surface area contributed by atoms with Crippen LogP contribution in [0.15, 0.2) is 72.8 Å². The van der Waals surface area contributed by atoms with Crippen molar-refractivity contribution in [2.45, 2.75) is 65.2 Å². The third-order valence-electron chi connectivity index (χ3n) is 10.7. The maximum absolute atomic E-state index is 12.9. The topological polar surface area (TPSA) is 77.5 Å². The number of ether oxygens (including phenoxy) is 4. The van der Waals surface area contributed by atoms with Gasteiger partial charge in [-0.1, -0.05) is 68.8 Å². The zero-order valence-electron chi connectivity index (χ0n) is 32.0. The van der Waals surface area contributed by atoms with Gasteiger partial charge in [0, 0.05) is 57.6 Å². The third-order valence-corrected chi connectivity index (χ3v) is 10.7. The quantitative estimate of drug-likeness (QED) is 0.0969. The first-order valence-electron chi connectivity index (χ1n) is 20.2. The molecule has 2 saturated heterocycles. The van der Waals surface area contributed by atoms with Gasteiger partial charge in [-0.3, -0.25) is 14.5 Å². The van der Waals surface area contributed by atoms with Gasteiger partial charge >= 0.3 is 0 Å². The lowest BCUT2D eigenvalue weighted by Crippen LogP contribution is -2.33. The number of benzene rings is 4. The summed E-state index contributed by atoms with van der Waals surface area (Å²) in [6, 6.07) is 23.0. The fraction of sp³-hybridized carbons (Fsp3) is 0.435. The molecular formula is C46H54N2O6. The average molecular weight is 731 g/mol. The largest absolute Gasteiger partial charge is 0.493 e. The molecule has 0 spiro atoms. The molecule has 2 aliphatic heterocycles. The Morgan fingerprint density at radius 2 is 0.796 bits per heavy atom. The Hall–Kier alpha value is -4.66. The van der Waals surface area contributed by atoms with E-state index in [2.05, 4.69) is 23.6 Å². The molecule has 8 rings (SSSR count). The molecule has 284 valence electrons. The Kier molecular flexibility index (Phi) is 12.6. The van der Waals surface area contributed by atoms with Gasteiger partial charge in [0.1, 0.15) is 29.6 Å². The van der Waals surface area contributed by atoms with Crippen molar-refractivity contribution in [2.75, 3.05) is 65.7 Å². The number of fused-ring (bicyclic) bond motifs is 6. The Bertz CT molecular complexity index is 1930. The summed E-state index contributed by atoms with van der Waals surface area (Å²) in [5.74, 6) is 3.23. The van der Waals surface area contributed by atoms with Crippen molar-refractivity contribution < 1.29 is 28.5 Å². The molecule has 54 heavy (non-hydrogen) atoms. The van der Waals surface area contributed by atoms with E-state index in [4.69, 9.17) is 18.9 Å². The number of nitrogens with zero attached hydrogens (tertiary/aromatic N) is 2. The monoisotopic (exact) mass is 730 g/mol. The van der Waals surface area contributed by atoms with Crippen LogP contribution in [0.5, 0.6) is 23.0 Å². The molecule has 4 aromatic carbocycles. The molecule has 2 heterocycles. The van der Waals surface area contributed by atoms with Gasteiger partial charge in [-0.25, -0.2) is 0 Å². The van der Waals surface area contributed by atoms with Crippen LogP contribution in [0, 0.1) is 0 Å². The van der Waals surface area contributed by atoms with Crippen LogP contribution in [0.4, 0.5) is 0 Å². The SMILES string of the molecule is CCCOc1cccc2c1-c1c(OCCCN3CCCC3)cccc1C2=O.CCCOc1cccc2c1-c1c(OCCN3CCCCC3)cccc1C2=O. The number of rotatable bonds is 15. The summed E-state index contributed by atoms with van der Waals surface area (Å²) in [5.41, 5.74) is 6.42. The maximum Gasteiger partial charge on any atom is 0.194 e. The summed E-state index contributed by atoms with van der Waals surface area (Å²) in [4.78, 5) is 30.7. The summed E-state index contributed by atoms with van der Waals surface area (Å²) < 4.78 is 24.2. The van der Waals surface area contributed by atoms with Gasteiger partial charge < -0.3 is 23.8 Å². The lowest BCUT2D eigenvalue weighted by Gasteiger charge is -2.26. The Balaban J connectivity index is 0.000000167. The second kappa shape index (κ2) is 18.1. The normalized spacial score (nSPS) is 15.9. The minimum absolute atomic E-state index is 0.0587.